The third-order valence-corrected chi connectivity index (χ3v) is 5.96. The SMILES string of the molecule is CCNC(=NCC(c1ccc(OC)cc1)N1CCOCC1)NCC1Cc2ccccc2O1. The van der Waals surface area contributed by atoms with Gasteiger partial charge in [0.15, 0.2) is 5.96 Å². The Morgan fingerprint density at radius 2 is 1.91 bits per heavy atom. The van der Waals surface area contributed by atoms with Crippen molar-refractivity contribution in [1.29, 1.82) is 0 Å². The van der Waals surface area contributed by atoms with Crippen molar-refractivity contribution in [1.82, 2.24) is 15.5 Å². The molecule has 2 aliphatic rings. The molecule has 0 aromatic heterocycles. The number of hydrogen-bond acceptors (Lipinski definition) is 5. The summed E-state index contributed by atoms with van der Waals surface area (Å²) >= 11 is 0. The summed E-state index contributed by atoms with van der Waals surface area (Å²) in [5.41, 5.74) is 2.51. The zero-order chi connectivity index (χ0) is 22.2. The van der Waals surface area contributed by atoms with Crippen LogP contribution in [0.25, 0.3) is 0 Å². The van der Waals surface area contributed by atoms with Gasteiger partial charge in [-0.15, -0.1) is 0 Å². The first-order valence-electron chi connectivity index (χ1n) is 11.5. The van der Waals surface area contributed by atoms with Crippen LogP contribution in [0.3, 0.4) is 0 Å². The summed E-state index contributed by atoms with van der Waals surface area (Å²) in [4.78, 5) is 7.40. The quantitative estimate of drug-likeness (QED) is 0.488. The molecule has 32 heavy (non-hydrogen) atoms. The van der Waals surface area contributed by atoms with E-state index in [9.17, 15) is 0 Å². The summed E-state index contributed by atoms with van der Waals surface area (Å²) in [5, 5.41) is 6.85. The van der Waals surface area contributed by atoms with E-state index < -0.39 is 0 Å². The predicted octanol–water partition coefficient (Wildman–Crippen LogP) is 2.63. The van der Waals surface area contributed by atoms with Crippen LogP contribution in [0.1, 0.15) is 24.1 Å². The maximum atomic E-state index is 6.07. The van der Waals surface area contributed by atoms with E-state index in [2.05, 4.69) is 46.7 Å². The van der Waals surface area contributed by atoms with Gasteiger partial charge in [0.05, 0.1) is 39.5 Å². The lowest BCUT2D eigenvalue weighted by Crippen LogP contribution is -2.44. The van der Waals surface area contributed by atoms with Crippen molar-refractivity contribution < 1.29 is 14.2 Å². The zero-order valence-electron chi connectivity index (χ0n) is 19.0. The second-order valence-electron chi connectivity index (χ2n) is 8.09. The monoisotopic (exact) mass is 438 g/mol. The molecule has 0 radical (unpaired) electrons. The van der Waals surface area contributed by atoms with Crippen molar-refractivity contribution in [2.45, 2.75) is 25.5 Å². The molecule has 1 saturated heterocycles. The molecule has 1 fully saturated rings. The van der Waals surface area contributed by atoms with Gasteiger partial charge in [0, 0.05) is 26.1 Å². The Bertz CT molecular complexity index is 856. The molecule has 7 heteroatoms. The van der Waals surface area contributed by atoms with Gasteiger partial charge in [-0.3, -0.25) is 9.89 Å². The number of aliphatic imine (C=N–C) groups is 1. The molecular formula is C25H34N4O3. The summed E-state index contributed by atoms with van der Waals surface area (Å²) in [6, 6.07) is 16.8. The highest BCUT2D eigenvalue weighted by molar-refractivity contribution is 5.79. The van der Waals surface area contributed by atoms with Gasteiger partial charge in [-0.05, 0) is 36.2 Å². The minimum Gasteiger partial charge on any atom is -0.497 e. The van der Waals surface area contributed by atoms with E-state index in [0.29, 0.717) is 13.1 Å². The third-order valence-electron chi connectivity index (χ3n) is 5.96. The van der Waals surface area contributed by atoms with Crippen LogP contribution in [0.5, 0.6) is 11.5 Å². The molecule has 0 bridgehead atoms. The zero-order valence-corrected chi connectivity index (χ0v) is 19.0. The molecule has 172 valence electrons. The summed E-state index contributed by atoms with van der Waals surface area (Å²) < 4.78 is 17.0. The highest BCUT2D eigenvalue weighted by atomic mass is 16.5. The van der Waals surface area contributed by atoms with Crippen LogP contribution in [-0.4, -0.2) is 70.0 Å². The molecule has 2 aromatic rings. The number of rotatable bonds is 8. The van der Waals surface area contributed by atoms with E-state index in [-0.39, 0.29) is 12.1 Å². The van der Waals surface area contributed by atoms with Crippen LogP contribution in [0.4, 0.5) is 0 Å². The minimum absolute atomic E-state index is 0.118. The molecule has 0 amide bonds. The van der Waals surface area contributed by atoms with Crippen molar-refractivity contribution in [3.63, 3.8) is 0 Å². The van der Waals surface area contributed by atoms with Crippen LogP contribution < -0.4 is 20.1 Å². The molecular weight excluding hydrogens is 404 g/mol. The number of methoxy groups -OCH3 is 1. The number of morpholine rings is 1. The van der Waals surface area contributed by atoms with E-state index >= 15 is 0 Å². The largest absolute Gasteiger partial charge is 0.497 e. The normalized spacial score (nSPS) is 19.7. The first-order chi connectivity index (χ1) is 15.8. The van der Waals surface area contributed by atoms with E-state index in [1.165, 1.54) is 11.1 Å². The van der Waals surface area contributed by atoms with Crippen molar-refractivity contribution >= 4 is 5.96 Å². The average molecular weight is 439 g/mol. The Kier molecular flexibility index (Phi) is 7.85. The van der Waals surface area contributed by atoms with Gasteiger partial charge in [-0.25, -0.2) is 0 Å². The van der Waals surface area contributed by atoms with Crippen LogP contribution >= 0.6 is 0 Å². The Labute approximate surface area is 190 Å². The van der Waals surface area contributed by atoms with E-state index in [0.717, 1.165) is 56.7 Å². The molecule has 7 nitrogen and oxygen atoms in total. The standard InChI is InChI=1S/C25H34N4O3/c1-3-26-25(27-17-22-16-20-6-4-5-7-24(20)32-22)28-18-23(29-12-14-31-15-13-29)19-8-10-21(30-2)11-9-19/h4-11,22-23H,3,12-18H2,1-2H3,(H2,26,27,28). The number of nitrogens with one attached hydrogen (secondary N) is 2. The van der Waals surface area contributed by atoms with Gasteiger partial charge in [0.1, 0.15) is 17.6 Å². The Balaban J connectivity index is 1.42. The maximum Gasteiger partial charge on any atom is 0.191 e. The fourth-order valence-corrected chi connectivity index (χ4v) is 4.24. The Hall–Kier alpha value is -2.77. The fraction of sp³-hybridized carbons (Fsp3) is 0.480. The Morgan fingerprint density at radius 1 is 1.12 bits per heavy atom. The van der Waals surface area contributed by atoms with E-state index in [4.69, 9.17) is 19.2 Å². The first kappa shape index (κ1) is 22.4. The van der Waals surface area contributed by atoms with Crippen LogP contribution in [0, 0.1) is 0 Å². The van der Waals surface area contributed by atoms with E-state index in [1.807, 2.05) is 24.3 Å². The lowest BCUT2D eigenvalue weighted by atomic mass is 10.0. The molecule has 2 N–H and O–H groups in total. The molecule has 4 rings (SSSR count). The summed E-state index contributed by atoms with van der Waals surface area (Å²) in [6.07, 6.45) is 1.04. The highest BCUT2D eigenvalue weighted by Crippen LogP contribution is 2.28. The van der Waals surface area contributed by atoms with Gasteiger partial charge in [-0.2, -0.15) is 0 Å². The maximum absolute atomic E-state index is 6.07. The van der Waals surface area contributed by atoms with Crippen LogP contribution in [0.2, 0.25) is 0 Å². The number of guanidine groups is 1. The second kappa shape index (κ2) is 11.2. The number of nitrogens with zero attached hydrogens (tertiary/aromatic N) is 2. The minimum atomic E-state index is 0.118. The topological polar surface area (TPSA) is 67.4 Å². The lowest BCUT2D eigenvalue weighted by molar-refractivity contribution is 0.0179. The fourth-order valence-electron chi connectivity index (χ4n) is 4.24. The summed E-state index contributed by atoms with van der Waals surface area (Å²) in [5.74, 6) is 2.68. The van der Waals surface area contributed by atoms with Gasteiger partial charge in [-0.1, -0.05) is 30.3 Å². The third kappa shape index (κ3) is 5.72. The van der Waals surface area contributed by atoms with Gasteiger partial charge >= 0.3 is 0 Å². The molecule has 0 saturated carbocycles. The number of hydrogen-bond donors (Lipinski definition) is 2. The number of ether oxygens (including phenoxy) is 3. The predicted molar refractivity (Wildman–Crippen MR) is 127 cm³/mol. The van der Waals surface area contributed by atoms with Crippen LogP contribution in [0.15, 0.2) is 53.5 Å². The molecule has 2 aromatic carbocycles. The molecule has 2 atom stereocenters. The lowest BCUT2D eigenvalue weighted by Gasteiger charge is -2.34. The number of para-hydroxylation sites is 1. The van der Waals surface area contributed by atoms with Gasteiger partial charge < -0.3 is 24.8 Å². The van der Waals surface area contributed by atoms with Crippen molar-refractivity contribution in [2.75, 3.05) is 53.0 Å². The highest BCUT2D eigenvalue weighted by Gasteiger charge is 2.24. The average Bonchev–Trinajstić information content (AvgIpc) is 3.27. The van der Waals surface area contributed by atoms with Gasteiger partial charge in [0.2, 0.25) is 0 Å². The number of fused-ring (bicyclic) bond motifs is 1. The summed E-state index contributed by atoms with van der Waals surface area (Å²) in [6.45, 7) is 7.60. The first-order valence-corrected chi connectivity index (χ1v) is 11.5. The second-order valence-corrected chi connectivity index (χ2v) is 8.09. The smallest absolute Gasteiger partial charge is 0.191 e. The Morgan fingerprint density at radius 3 is 2.62 bits per heavy atom. The molecule has 2 aliphatic heterocycles. The molecule has 2 heterocycles. The van der Waals surface area contributed by atoms with Crippen molar-refractivity contribution in [3.8, 4) is 11.5 Å². The molecule has 2 unspecified atom stereocenters. The summed E-state index contributed by atoms with van der Waals surface area (Å²) in [7, 11) is 1.69. The molecule has 0 spiro atoms. The number of benzene rings is 2. The van der Waals surface area contributed by atoms with Crippen LogP contribution in [-0.2, 0) is 11.2 Å². The van der Waals surface area contributed by atoms with Crippen molar-refractivity contribution in [2.24, 2.45) is 4.99 Å². The molecule has 0 aliphatic carbocycles. The van der Waals surface area contributed by atoms with Crippen molar-refractivity contribution in [3.05, 3.63) is 59.7 Å². The van der Waals surface area contributed by atoms with E-state index in [1.54, 1.807) is 7.11 Å². The van der Waals surface area contributed by atoms with Gasteiger partial charge in [0.25, 0.3) is 0 Å².